The Labute approximate surface area is 70.5 Å². The Morgan fingerprint density at radius 1 is 1.42 bits per heavy atom. The van der Waals surface area contributed by atoms with Gasteiger partial charge in [-0.25, -0.2) is 0 Å². The van der Waals surface area contributed by atoms with Crippen LogP contribution in [0.1, 0.15) is 0 Å². The predicted octanol–water partition coefficient (Wildman–Crippen LogP) is -1.72. The lowest BCUT2D eigenvalue weighted by molar-refractivity contribution is -0.177. The van der Waals surface area contributed by atoms with Gasteiger partial charge in [0.15, 0.2) is 0 Å². The van der Waals surface area contributed by atoms with Crippen molar-refractivity contribution in [3.05, 3.63) is 6.61 Å². The van der Waals surface area contributed by atoms with E-state index in [2.05, 4.69) is 0 Å². The van der Waals surface area contributed by atoms with Crippen LogP contribution in [-0.4, -0.2) is 53.5 Å². The molecule has 0 saturated carbocycles. The molecule has 0 aromatic rings. The third kappa shape index (κ3) is 1.75. The number of aliphatic hydroxyl groups is 3. The third-order valence-electron chi connectivity index (χ3n) is 1.91. The van der Waals surface area contributed by atoms with Crippen LogP contribution in [0.25, 0.3) is 0 Å². The van der Waals surface area contributed by atoms with E-state index in [0.29, 0.717) is 0 Å². The summed E-state index contributed by atoms with van der Waals surface area (Å²) in [6, 6.07) is 0. The molecule has 1 aliphatic heterocycles. The summed E-state index contributed by atoms with van der Waals surface area (Å²) >= 11 is 0. The van der Waals surface area contributed by atoms with Crippen molar-refractivity contribution in [1.29, 1.82) is 0 Å². The van der Waals surface area contributed by atoms with E-state index in [1.807, 2.05) is 0 Å². The number of rotatable bonds is 2. The first-order chi connectivity index (χ1) is 5.70. The zero-order valence-electron chi connectivity index (χ0n) is 6.75. The van der Waals surface area contributed by atoms with Gasteiger partial charge >= 0.3 is 0 Å². The van der Waals surface area contributed by atoms with Crippen molar-refractivity contribution in [1.82, 2.24) is 0 Å². The van der Waals surface area contributed by atoms with Crippen LogP contribution in [0.5, 0.6) is 0 Å². The number of aliphatic hydroxyl groups excluding tert-OH is 3. The normalized spacial score (nSPS) is 43.0. The van der Waals surface area contributed by atoms with Crippen LogP contribution in [-0.2, 0) is 9.47 Å². The van der Waals surface area contributed by atoms with Gasteiger partial charge in [-0.15, -0.1) is 0 Å². The Bertz CT molecular complexity index is 124. The fraction of sp³-hybridized carbons (Fsp3) is 0.857. The van der Waals surface area contributed by atoms with Crippen molar-refractivity contribution >= 4 is 0 Å². The Hall–Kier alpha value is -0.200. The van der Waals surface area contributed by atoms with Crippen LogP contribution in [0.4, 0.5) is 0 Å². The van der Waals surface area contributed by atoms with Gasteiger partial charge in [-0.3, -0.25) is 0 Å². The van der Waals surface area contributed by atoms with Gasteiger partial charge < -0.3 is 24.8 Å². The molecule has 0 amide bonds. The highest BCUT2D eigenvalue weighted by Crippen LogP contribution is 2.19. The fourth-order valence-corrected chi connectivity index (χ4v) is 1.10. The number of ether oxygens (including phenoxy) is 2. The minimum atomic E-state index is -1.11. The molecule has 12 heavy (non-hydrogen) atoms. The van der Waals surface area contributed by atoms with Gasteiger partial charge in [-0.05, 0) is 0 Å². The van der Waals surface area contributed by atoms with Gasteiger partial charge in [-0.1, -0.05) is 0 Å². The molecule has 4 atom stereocenters. The quantitative estimate of drug-likeness (QED) is 0.467. The maximum Gasteiger partial charge on any atom is 0.116 e. The van der Waals surface area contributed by atoms with E-state index in [1.54, 1.807) is 0 Å². The molecule has 0 spiro atoms. The van der Waals surface area contributed by atoms with Crippen LogP contribution in [0.2, 0.25) is 0 Å². The summed E-state index contributed by atoms with van der Waals surface area (Å²) in [7, 11) is 1.40. The van der Waals surface area contributed by atoms with E-state index in [4.69, 9.17) is 14.6 Å². The molecule has 1 fully saturated rings. The topological polar surface area (TPSA) is 79.2 Å². The van der Waals surface area contributed by atoms with Crippen LogP contribution in [0.15, 0.2) is 0 Å². The highest BCUT2D eigenvalue weighted by Gasteiger charge is 2.38. The largest absolute Gasteiger partial charge is 0.394 e. The molecule has 5 heteroatoms. The van der Waals surface area contributed by atoms with Gasteiger partial charge in [0.25, 0.3) is 0 Å². The summed E-state index contributed by atoms with van der Waals surface area (Å²) in [5, 5.41) is 27.3. The predicted molar refractivity (Wildman–Crippen MR) is 39.1 cm³/mol. The standard InChI is InChI=1S/C7H13O5/c1-11-5-3-12-4(2-8)6(9)7(5)10/h3-10H,2H2,1H3/t4-,5-,6-,7-/m1/s1. The number of hydrogen-bond donors (Lipinski definition) is 3. The van der Waals surface area contributed by atoms with E-state index in [0.717, 1.165) is 0 Å². The number of methoxy groups -OCH3 is 1. The first-order valence-corrected chi connectivity index (χ1v) is 3.69. The zero-order valence-corrected chi connectivity index (χ0v) is 6.75. The minimum Gasteiger partial charge on any atom is -0.394 e. The molecule has 1 rings (SSSR count). The van der Waals surface area contributed by atoms with E-state index in [-0.39, 0.29) is 6.61 Å². The van der Waals surface area contributed by atoms with Crippen molar-refractivity contribution in [2.45, 2.75) is 24.4 Å². The maximum atomic E-state index is 9.34. The zero-order chi connectivity index (χ0) is 9.14. The molecule has 0 aromatic carbocycles. The summed E-state index contributed by atoms with van der Waals surface area (Å²) < 4.78 is 9.70. The lowest BCUT2D eigenvalue weighted by Crippen LogP contribution is -2.52. The Morgan fingerprint density at radius 3 is 2.58 bits per heavy atom. The molecule has 0 aliphatic carbocycles. The first kappa shape index (κ1) is 9.88. The van der Waals surface area contributed by atoms with E-state index >= 15 is 0 Å². The molecular weight excluding hydrogens is 164 g/mol. The lowest BCUT2D eigenvalue weighted by Gasteiger charge is -2.35. The monoisotopic (exact) mass is 177 g/mol. The van der Waals surface area contributed by atoms with Crippen LogP contribution >= 0.6 is 0 Å². The van der Waals surface area contributed by atoms with Gasteiger partial charge in [0.05, 0.1) is 6.61 Å². The van der Waals surface area contributed by atoms with E-state index < -0.39 is 24.4 Å². The third-order valence-corrected chi connectivity index (χ3v) is 1.91. The molecule has 3 N–H and O–H groups in total. The first-order valence-electron chi connectivity index (χ1n) is 3.69. The molecule has 1 saturated heterocycles. The van der Waals surface area contributed by atoms with Crippen molar-refractivity contribution in [3.8, 4) is 0 Å². The van der Waals surface area contributed by atoms with Gasteiger partial charge in [0.2, 0.25) is 0 Å². The minimum absolute atomic E-state index is 0.328. The second kappa shape index (κ2) is 4.15. The second-order valence-corrected chi connectivity index (χ2v) is 2.67. The van der Waals surface area contributed by atoms with Crippen molar-refractivity contribution < 1.29 is 24.8 Å². The van der Waals surface area contributed by atoms with Gasteiger partial charge in [-0.2, -0.15) is 0 Å². The molecule has 1 radical (unpaired) electrons. The molecular formula is C7H13O5. The van der Waals surface area contributed by atoms with Crippen molar-refractivity contribution in [3.63, 3.8) is 0 Å². The van der Waals surface area contributed by atoms with Gasteiger partial charge in [0.1, 0.15) is 31.0 Å². The summed E-state index contributed by atoms with van der Waals surface area (Å²) in [5.74, 6) is 0. The van der Waals surface area contributed by atoms with Crippen LogP contribution < -0.4 is 0 Å². The average molecular weight is 177 g/mol. The maximum absolute atomic E-state index is 9.34. The molecule has 5 nitrogen and oxygen atoms in total. The van der Waals surface area contributed by atoms with Gasteiger partial charge in [0, 0.05) is 7.11 Å². The molecule has 0 unspecified atom stereocenters. The average Bonchev–Trinajstić information content (AvgIpc) is 2.10. The molecule has 1 heterocycles. The van der Waals surface area contributed by atoms with E-state index in [1.165, 1.54) is 13.7 Å². The molecule has 71 valence electrons. The summed E-state index contributed by atoms with van der Waals surface area (Å²) in [6.45, 7) is 0.948. The van der Waals surface area contributed by atoms with Crippen molar-refractivity contribution in [2.24, 2.45) is 0 Å². The highest BCUT2D eigenvalue weighted by molar-refractivity contribution is 4.92. The Morgan fingerprint density at radius 2 is 2.08 bits per heavy atom. The lowest BCUT2D eigenvalue weighted by atomic mass is 10.0. The SMILES string of the molecule is CO[C@@H]1[CH]O[C@H](CO)[C@@H](O)[C@@H]1O. The van der Waals surface area contributed by atoms with Crippen LogP contribution in [0, 0.1) is 6.61 Å². The molecule has 1 aliphatic rings. The Balaban J connectivity index is 2.52. The summed E-state index contributed by atoms with van der Waals surface area (Å²) in [4.78, 5) is 0. The highest BCUT2D eigenvalue weighted by atomic mass is 16.6. The summed E-state index contributed by atoms with van der Waals surface area (Å²) in [5.41, 5.74) is 0. The fourth-order valence-electron chi connectivity index (χ4n) is 1.10. The second-order valence-electron chi connectivity index (χ2n) is 2.67. The Kier molecular flexibility index (Phi) is 3.42. The smallest absolute Gasteiger partial charge is 0.116 e. The van der Waals surface area contributed by atoms with Crippen molar-refractivity contribution in [2.75, 3.05) is 13.7 Å². The molecule has 0 aromatic heterocycles. The molecule has 0 bridgehead atoms. The van der Waals surface area contributed by atoms with Crippen LogP contribution in [0.3, 0.4) is 0 Å². The van der Waals surface area contributed by atoms with E-state index in [9.17, 15) is 10.2 Å². The number of hydrogen-bond acceptors (Lipinski definition) is 5. The summed E-state index contributed by atoms with van der Waals surface area (Å²) in [6.07, 6.45) is -3.54.